The number of fused-ring (bicyclic) bond motifs is 1. The van der Waals surface area contributed by atoms with E-state index in [1.165, 1.54) is 18.9 Å². The number of hydrogen-bond acceptors (Lipinski definition) is 6. The fraction of sp³-hybridized carbons (Fsp3) is 0.333. The highest BCUT2D eigenvalue weighted by atomic mass is 35.5. The van der Waals surface area contributed by atoms with Gasteiger partial charge in [0.15, 0.2) is 15.0 Å². The molecule has 4 rings (SSSR count). The van der Waals surface area contributed by atoms with E-state index >= 15 is 0 Å². The van der Waals surface area contributed by atoms with Crippen LogP contribution in [0.2, 0.25) is 5.02 Å². The van der Waals surface area contributed by atoms with Crippen molar-refractivity contribution in [3.05, 3.63) is 53.1 Å². The van der Waals surface area contributed by atoms with Crippen LogP contribution >= 0.6 is 23.4 Å². The number of anilines is 1. The van der Waals surface area contributed by atoms with Crippen LogP contribution in [-0.4, -0.2) is 56.5 Å². The molecule has 2 saturated heterocycles. The Bertz CT molecular complexity index is 1150. The normalized spacial score (nSPS) is 23.1. The maximum absolute atomic E-state index is 12.8. The van der Waals surface area contributed by atoms with Gasteiger partial charge in [0.2, 0.25) is 0 Å². The molecule has 10 heteroatoms. The largest absolute Gasteiger partial charge is 0.497 e. The van der Waals surface area contributed by atoms with Crippen LogP contribution in [0, 0.1) is 0 Å². The molecule has 0 unspecified atom stereocenters. The van der Waals surface area contributed by atoms with Crippen molar-refractivity contribution >= 4 is 50.0 Å². The molecule has 2 fully saturated rings. The fourth-order valence-electron chi connectivity index (χ4n) is 3.78. The van der Waals surface area contributed by atoms with Crippen LogP contribution in [0.5, 0.6) is 11.5 Å². The lowest BCUT2D eigenvalue weighted by atomic mass is 10.1. The minimum atomic E-state index is -3.18. The Morgan fingerprint density at radius 2 is 1.97 bits per heavy atom. The summed E-state index contributed by atoms with van der Waals surface area (Å²) < 4.78 is 35.4. The number of nitrogens with zero attached hydrogens (tertiary/aromatic N) is 2. The number of amidine groups is 1. The average Bonchev–Trinajstić information content (AvgIpc) is 3.19. The summed E-state index contributed by atoms with van der Waals surface area (Å²) in [5, 5.41) is 0.741. The first-order valence-electron chi connectivity index (χ1n) is 9.54. The maximum atomic E-state index is 12.8. The Morgan fingerprint density at radius 1 is 1.19 bits per heavy atom. The SMILES string of the molecule is COc1ccc(OC)c(N2C(=NC(=O)Cc3ccccc3Cl)S[C@H]3CS(=O)(=O)C[C@H]32)c1. The number of halogens is 1. The molecule has 2 atom stereocenters. The molecule has 1 amide bonds. The van der Waals surface area contributed by atoms with Gasteiger partial charge in [-0.15, -0.1) is 0 Å². The number of amides is 1. The number of rotatable bonds is 5. The summed E-state index contributed by atoms with van der Waals surface area (Å²) in [6, 6.07) is 12.1. The van der Waals surface area contributed by atoms with E-state index < -0.39 is 9.84 Å². The lowest BCUT2D eigenvalue weighted by Gasteiger charge is -2.26. The van der Waals surface area contributed by atoms with E-state index in [0.29, 0.717) is 32.9 Å². The van der Waals surface area contributed by atoms with Crippen LogP contribution in [-0.2, 0) is 21.1 Å². The summed E-state index contributed by atoms with van der Waals surface area (Å²) in [6.07, 6.45) is 0.0560. The summed E-state index contributed by atoms with van der Waals surface area (Å²) in [7, 11) is -0.0903. The summed E-state index contributed by atoms with van der Waals surface area (Å²) in [6.45, 7) is 0. The quantitative estimate of drug-likeness (QED) is 0.649. The molecule has 0 N–H and O–H groups in total. The maximum Gasteiger partial charge on any atom is 0.252 e. The van der Waals surface area contributed by atoms with E-state index in [0.717, 1.165) is 0 Å². The van der Waals surface area contributed by atoms with Crippen molar-refractivity contribution in [2.24, 2.45) is 4.99 Å². The van der Waals surface area contributed by atoms with Crippen LogP contribution in [0.1, 0.15) is 5.56 Å². The van der Waals surface area contributed by atoms with E-state index in [-0.39, 0.29) is 35.1 Å². The molecular formula is C21H21ClN2O5S2. The summed E-state index contributed by atoms with van der Waals surface area (Å²) in [5.74, 6) is 0.806. The van der Waals surface area contributed by atoms with E-state index in [1.54, 1.807) is 48.4 Å². The first-order valence-corrected chi connectivity index (χ1v) is 12.6. The molecular weight excluding hydrogens is 460 g/mol. The molecule has 2 aromatic rings. The molecule has 0 aromatic heterocycles. The van der Waals surface area contributed by atoms with Gasteiger partial charge in [0.05, 0.1) is 43.9 Å². The highest BCUT2D eigenvalue weighted by Gasteiger charge is 2.50. The number of sulfone groups is 1. The number of aliphatic imine (C=N–C) groups is 1. The lowest BCUT2D eigenvalue weighted by molar-refractivity contribution is -0.117. The highest BCUT2D eigenvalue weighted by Crippen LogP contribution is 2.45. The van der Waals surface area contributed by atoms with Gasteiger partial charge in [0.1, 0.15) is 11.5 Å². The van der Waals surface area contributed by atoms with Crippen LogP contribution in [0.15, 0.2) is 47.5 Å². The van der Waals surface area contributed by atoms with Crippen molar-refractivity contribution in [3.8, 4) is 11.5 Å². The number of methoxy groups -OCH3 is 2. The van der Waals surface area contributed by atoms with Crippen LogP contribution in [0.4, 0.5) is 5.69 Å². The van der Waals surface area contributed by atoms with Gasteiger partial charge in [-0.2, -0.15) is 4.99 Å². The number of hydrogen-bond donors (Lipinski definition) is 0. The molecule has 2 heterocycles. The minimum Gasteiger partial charge on any atom is -0.497 e. The molecule has 0 bridgehead atoms. The Morgan fingerprint density at radius 3 is 2.68 bits per heavy atom. The zero-order chi connectivity index (χ0) is 22.2. The molecule has 31 heavy (non-hydrogen) atoms. The topological polar surface area (TPSA) is 85.3 Å². The smallest absolute Gasteiger partial charge is 0.252 e. The monoisotopic (exact) mass is 480 g/mol. The standard InChI is InChI=1S/C21H21ClN2O5S2/c1-28-14-7-8-18(29-2)16(10-14)24-17-11-31(26,27)12-19(17)30-21(24)23-20(25)9-13-5-3-4-6-15(13)22/h3-8,10,17,19H,9,11-12H2,1-2H3/t17-,19+/m1/s1. The number of carbonyl (C=O) groups excluding carboxylic acids is 1. The summed E-state index contributed by atoms with van der Waals surface area (Å²) in [5.41, 5.74) is 1.30. The fourth-order valence-corrected chi connectivity index (χ4v) is 7.91. The van der Waals surface area contributed by atoms with Gasteiger partial charge in [-0.05, 0) is 23.8 Å². The zero-order valence-corrected chi connectivity index (χ0v) is 19.3. The van der Waals surface area contributed by atoms with Crippen molar-refractivity contribution in [1.82, 2.24) is 0 Å². The minimum absolute atomic E-state index is 0.0112. The van der Waals surface area contributed by atoms with Crippen molar-refractivity contribution in [2.45, 2.75) is 17.7 Å². The molecule has 164 valence electrons. The van der Waals surface area contributed by atoms with Gasteiger partial charge in [-0.1, -0.05) is 41.6 Å². The van der Waals surface area contributed by atoms with Crippen molar-refractivity contribution < 1.29 is 22.7 Å². The molecule has 0 aliphatic carbocycles. The van der Waals surface area contributed by atoms with Crippen LogP contribution in [0.3, 0.4) is 0 Å². The number of benzene rings is 2. The molecule has 0 radical (unpaired) electrons. The number of carbonyl (C=O) groups is 1. The highest BCUT2D eigenvalue weighted by molar-refractivity contribution is 8.16. The number of ether oxygens (including phenoxy) is 2. The second-order valence-electron chi connectivity index (χ2n) is 7.26. The van der Waals surface area contributed by atoms with E-state index in [4.69, 9.17) is 21.1 Å². The van der Waals surface area contributed by atoms with Crippen molar-refractivity contribution in [2.75, 3.05) is 30.6 Å². The lowest BCUT2D eigenvalue weighted by Crippen LogP contribution is -2.38. The molecule has 2 aromatic carbocycles. The summed E-state index contributed by atoms with van der Waals surface area (Å²) in [4.78, 5) is 18.9. The van der Waals surface area contributed by atoms with Gasteiger partial charge in [-0.25, -0.2) is 8.42 Å². The Kier molecular flexibility index (Phi) is 6.18. The first-order chi connectivity index (χ1) is 14.8. The average molecular weight is 481 g/mol. The molecule has 7 nitrogen and oxygen atoms in total. The van der Waals surface area contributed by atoms with Crippen molar-refractivity contribution in [1.29, 1.82) is 0 Å². The van der Waals surface area contributed by atoms with Gasteiger partial charge in [-0.3, -0.25) is 4.79 Å². The van der Waals surface area contributed by atoms with Gasteiger partial charge in [0, 0.05) is 16.3 Å². The summed E-state index contributed by atoms with van der Waals surface area (Å²) >= 11 is 7.49. The predicted octanol–water partition coefficient (Wildman–Crippen LogP) is 3.20. The van der Waals surface area contributed by atoms with Crippen LogP contribution in [0.25, 0.3) is 0 Å². The molecule has 0 spiro atoms. The van der Waals surface area contributed by atoms with Crippen molar-refractivity contribution in [3.63, 3.8) is 0 Å². The third kappa shape index (κ3) is 4.53. The predicted molar refractivity (Wildman–Crippen MR) is 123 cm³/mol. The Hall–Kier alpha value is -2.23. The van der Waals surface area contributed by atoms with Gasteiger partial charge in [0.25, 0.3) is 5.91 Å². The molecule has 2 aliphatic rings. The Balaban J connectivity index is 1.73. The Labute approximate surface area is 190 Å². The van der Waals surface area contributed by atoms with Gasteiger partial charge >= 0.3 is 0 Å². The second-order valence-corrected chi connectivity index (χ2v) is 11.0. The first kappa shape index (κ1) is 22.0. The van der Waals surface area contributed by atoms with Gasteiger partial charge < -0.3 is 14.4 Å². The van der Waals surface area contributed by atoms with E-state index in [9.17, 15) is 13.2 Å². The van der Waals surface area contributed by atoms with E-state index in [2.05, 4.69) is 4.99 Å². The third-order valence-electron chi connectivity index (χ3n) is 5.23. The van der Waals surface area contributed by atoms with Crippen LogP contribution < -0.4 is 14.4 Å². The molecule has 0 saturated carbocycles. The molecule has 2 aliphatic heterocycles. The number of thioether (sulfide) groups is 1. The zero-order valence-electron chi connectivity index (χ0n) is 16.9. The second kappa shape index (κ2) is 8.72. The van der Waals surface area contributed by atoms with E-state index in [1.807, 2.05) is 6.07 Å². The third-order valence-corrected chi connectivity index (χ3v) is 8.81.